The van der Waals surface area contributed by atoms with Crippen LogP contribution in [0.2, 0.25) is 0 Å². The molecular weight excluding hydrogens is 440 g/mol. The van der Waals surface area contributed by atoms with Gasteiger partial charge in [-0.05, 0) is 29.8 Å². The summed E-state index contributed by atoms with van der Waals surface area (Å²) in [5.41, 5.74) is 2.11. The Hall–Kier alpha value is -3.23. The zero-order valence-corrected chi connectivity index (χ0v) is 19.2. The lowest BCUT2D eigenvalue weighted by Crippen LogP contribution is -2.18. The van der Waals surface area contributed by atoms with Crippen molar-refractivity contribution in [3.8, 4) is 5.69 Å². The Bertz CT molecular complexity index is 1200. The first kappa shape index (κ1) is 22.0. The number of hydrogen-bond acceptors (Lipinski definition) is 6. The number of para-hydroxylation sites is 1. The number of thiophene rings is 1. The maximum Gasteiger partial charge on any atom is 0.217 e. The molecule has 2 heterocycles. The lowest BCUT2D eigenvalue weighted by Gasteiger charge is -2.10. The van der Waals surface area contributed by atoms with Crippen LogP contribution in [0.15, 0.2) is 78.0 Å². The maximum atomic E-state index is 12.8. The highest BCUT2D eigenvalue weighted by Crippen LogP contribution is 2.25. The standard InChI is InChI=1S/C24H22N4O2S2/c1-17(29)25-15-20-12-13-22(32-20)21(30)16-31-24-27-26-23(14-18-8-4-2-5-9-18)28(24)19-10-6-3-7-11-19/h2-13H,14-16H2,1H3,(H,25,29). The van der Waals surface area contributed by atoms with Crippen molar-refractivity contribution in [3.05, 3.63) is 93.9 Å². The molecule has 2 aromatic carbocycles. The number of ketones is 1. The normalized spacial score (nSPS) is 10.8. The molecular formula is C24H22N4O2S2. The van der Waals surface area contributed by atoms with E-state index in [0.29, 0.717) is 23.0 Å². The molecule has 6 nitrogen and oxygen atoms in total. The second-order valence-corrected chi connectivity index (χ2v) is 9.23. The van der Waals surface area contributed by atoms with Crippen LogP contribution in [0.5, 0.6) is 0 Å². The summed E-state index contributed by atoms with van der Waals surface area (Å²) in [7, 11) is 0. The summed E-state index contributed by atoms with van der Waals surface area (Å²) < 4.78 is 2.02. The highest BCUT2D eigenvalue weighted by atomic mass is 32.2. The SMILES string of the molecule is CC(=O)NCc1ccc(C(=O)CSc2nnc(Cc3ccccc3)n2-c2ccccc2)s1. The fraction of sp³-hybridized carbons (Fsp3) is 0.167. The molecule has 0 fully saturated rings. The maximum absolute atomic E-state index is 12.8. The van der Waals surface area contributed by atoms with Crippen LogP contribution in [0.4, 0.5) is 0 Å². The molecule has 0 unspecified atom stereocenters. The highest BCUT2D eigenvalue weighted by Gasteiger charge is 2.17. The third-order valence-corrected chi connectivity index (χ3v) is 6.76. The van der Waals surface area contributed by atoms with E-state index in [1.807, 2.05) is 65.2 Å². The van der Waals surface area contributed by atoms with Crippen molar-refractivity contribution in [3.63, 3.8) is 0 Å². The average molecular weight is 463 g/mol. The van der Waals surface area contributed by atoms with Gasteiger partial charge in [-0.15, -0.1) is 21.5 Å². The zero-order chi connectivity index (χ0) is 22.3. The number of hydrogen-bond donors (Lipinski definition) is 1. The number of carbonyl (C=O) groups excluding carboxylic acids is 2. The number of rotatable bonds is 9. The van der Waals surface area contributed by atoms with Crippen molar-refractivity contribution in [2.45, 2.75) is 25.0 Å². The summed E-state index contributed by atoms with van der Waals surface area (Å²) in [5, 5.41) is 12.3. The molecule has 0 aliphatic rings. The predicted molar refractivity (Wildman–Crippen MR) is 128 cm³/mol. The van der Waals surface area contributed by atoms with E-state index in [2.05, 4.69) is 27.6 Å². The van der Waals surface area contributed by atoms with Crippen LogP contribution in [0, 0.1) is 0 Å². The summed E-state index contributed by atoms with van der Waals surface area (Å²) >= 11 is 2.79. The van der Waals surface area contributed by atoms with Gasteiger partial charge >= 0.3 is 0 Å². The number of nitrogens with zero attached hydrogens (tertiary/aromatic N) is 3. The molecule has 0 saturated carbocycles. The smallest absolute Gasteiger partial charge is 0.217 e. The molecule has 1 N–H and O–H groups in total. The van der Waals surface area contributed by atoms with Crippen LogP contribution < -0.4 is 5.32 Å². The fourth-order valence-electron chi connectivity index (χ4n) is 3.16. The van der Waals surface area contributed by atoms with E-state index in [1.54, 1.807) is 0 Å². The van der Waals surface area contributed by atoms with Gasteiger partial charge in [0.05, 0.1) is 17.2 Å². The number of nitrogens with one attached hydrogen (secondary N) is 1. The van der Waals surface area contributed by atoms with Crippen LogP contribution in [-0.4, -0.2) is 32.2 Å². The Morgan fingerprint density at radius 1 is 0.969 bits per heavy atom. The minimum absolute atomic E-state index is 0.0290. The molecule has 0 aliphatic carbocycles. The summed E-state index contributed by atoms with van der Waals surface area (Å²) in [6, 6.07) is 23.8. The summed E-state index contributed by atoms with van der Waals surface area (Å²) in [4.78, 5) is 25.5. The van der Waals surface area contributed by atoms with Crippen molar-refractivity contribution >= 4 is 34.8 Å². The summed E-state index contributed by atoms with van der Waals surface area (Å²) in [6.45, 7) is 1.91. The number of aromatic nitrogens is 3. The molecule has 2 aromatic heterocycles. The van der Waals surface area contributed by atoms with Gasteiger partial charge in [0.15, 0.2) is 10.9 Å². The first-order chi connectivity index (χ1) is 15.6. The Balaban J connectivity index is 1.51. The molecule has 32 heavy (non-hydrogen) atoms. The number of benzene rings is 2. The van der Waals surface area contributed by atoms with E-state index >= 15 is 0 Å². The Morgan fingerprint density at radius 3 is 2.41 bits per heavy atom. The first-order valence-corrected chi connectivity index (χ1v) is 11.9. The van der Waals surface area contributed by atoms with Gasteiger partial charge < -0.3 is 5.32 Å². The van der Waals surface area contributed by atoms with E-state index in [9.17, 15) is 9.59 Å². The predicted octanol–water partition coefficient (Wildman–Crippen LogP) is 4.53. The van der Waals surface area contributed by atoms with Gasteiger partial charge in [0, 0.05) is 23.9 Å². The topological polar surface area (TPSA) is 76.9 Å². The van der Waals surface area contributed by atoms with Gasteiger partial charge in [-0.1, -0.05) is 60.3 Å². The lowest BCUT2D eigenvalue weighted by atomic mass is 10.1. The Labute approximate surface area is 194 Å². The molecule has 1 amide bonds. The van der Waals surface area contributed by atoms with Gasteiger partial charge in [-0.25, -0.2) is 0 Å². The molecule has 8 heteroatoms. The number of carbonyl (C=O) groups is 2. The van der Waals surface area contributed by atoms with Gasteiger partial charge in [0.1, 0.15) is 5.82 Å². The molecule has 0 aliphatic heterocycles. The largest absolute Gasteiger partial charge is 0.351 e. The molecule has 0 spiro atoms. The Morgan fingerprint density at radius 2 is 1.69 bits per heavy atom. The third kappa shape index (κ3) is 5.52. The van der Waals surface area contributed by atoms with Crippen LogP contribution in [-0.2, 0) is 17.8 Å². The van der Waals surface area contributed by atoms with Crippen LogP contribution in [0.1, 0.15) is 32.9 Å². The molecule has 0 saturated heterocycles. The second-order valence-electron chi connectivity index (χ2n) is 7.12. The number of thioether (sulfide) groups is 1. The summed E-state index contributed by atoms with van der Waals surface area (Å²) in [5.74, 6) is 1.02. The quantitative estimate of drug-likeness (QED) is 0.292. The average Bonchev–Trinajstić information content (AvgIpc) is 3.44. The molecule has 0 atom stereocenters. The van der Waals surface area contributed by atoms with Crippen LogP contribution in [0.25, 0.3) is 5.69 Å². The lowest BCUT2D eigenvalue weighted by molar-refractivity contribution is -0.119. The molecule has 4 aromatic rings. The third-order valence-electron chi connectivity index (χ3n) is 4.70. The second kappa shape index (κ2) is 10.4. The number of amides is 1. The van der Waals surface area contributed by atoms with E-state index in [0.717, 1.165) is 22.0 Å². The number of Topliss-reactive ketones (excluding diaryl/α,β-unsaturated/α-hetero) is 1. The molecule has 162 valence electrons. The molecule has 4 rings (SSSR count). The van der Waals surface area contributed by atoms with Crippen molar-refractivity contribution in [1.29, 1.82) is 0 Å². The van der Waals surface area contributed by atoms with Gasteiger partial charge in [0.25, 0.3) is 0 Å². The fourth-order valence-corrected chi connectivity index (χ4v) is 4.99. The van der Waals surface area contributed by atoms with Crippen LogP contribution in [0.3, 0.4) is 0 Å². The van der Waals surface area contributed by atoms with E-state index in [1.165, 1.54) is 30.0 Å². The van der Waals surface area contributed by atoms with Crippen molar-refractivity contribution in [1.82, 2.24) is 20.1 Å². The van der Waals surface area contributed by atoms with E-state index in [-0.39, 0.29) is 17.4 Å². The van der Waals surface area contributed by atoms with E-state index in [4.69, 9.17) is 0 Å². The zero-order valence-electron chi connectivity index (χ0n) is 17.5. The van der Waals surface area contributed by atoms with Crippen LogP contribution >= 0.6 is 23.1 Å². The van der Waals surface area contributed by atoms with Crippen molar-refractivity contribution < 1.29 is 9.59 Å². The van der Waals surface area contributed by atoms with Gasteiger partial charge in [0.2, 0.25) is 5.91 Å². The Kier molecular flexibility index (Phi) is 7.14. The van der Waals surface area contributed by atoms with Crippen molar-refractivity contribution in [2.75, 3.05) is 5.75 Å². The monoisotopic (exact) mass is 462 g/mol. The molecule has 0 bridgehead atoms. The van der Waals surface area contributed by atoms with Gasteiger partial charge in [-0.3, -0.25) is 14.2 Å². The minimum Gasteiger partial charge on any atom is -0.351 e. The van der Waals surface area contributed by atoms with Gasteiger partial charge in [-0.2, -0.15) is 0 Å². The van der Waals surface area contributed by atoms with E-state index < -0.39 is 0 Å². The summed E-state index contributed by atoms with van der Waals surface area (Å²) in [6.07, 6.45) is 0.647. The van der Waals surface area contributed by atoms with Crippen molar-refractivity contribution in [2.24, 2.45) is 0 Å². The first-order valence-electron chi connectivity index (χ1n) is 10.1. The molecule has 0 radical (unpaired) electrons. The minimum atomic E-state index is -0.0895. The highest BCUT2D eigenvalue weighted by molar-refractivity contribution is 7.99.